The maximum Gasteiger partial charge on any atom is 0.407 e. The van der Waals surface area contributed by atoms with E-state index >= 15 is 4.39 Å². The number of fused-ring (bicyclic) bond motifs is 5. The standard InChI is InChI=1S/C53H61FN6O6Si/c1-6-35-15-13-16-36-27-40(65-34-63-5)28-43(45(35)36)47-46(54)48-44(29-55-47)49(58-30-37-21-22-38(31-58)60(37)51(61)62)57-50(56-48)64-33-53-24-14-26-59(53)39(23-25-53)32-66-67(52(2,3)4,41-17-9-7-10-18-41)42-19-11-8-12-20-42/h7-13,15-20,27-29,37-39H,6,14,21-26,30-34H2,1-5H3,(H,61,62)/t37?,38?,39-,53+/m0/s1. The first-order chi connectivity index (χ1) is 32.4. The molecule has 0 saturated carbocycles. The monoisotopic (exact) mass is 924 g/mol. The first-order valence-electron chi connectivity index (χ1n) is 23.9. The highest BCUT2D eigenvalue weighted by atomic mass is 28.4. The van der Waals surface area contributed by atoms with Gasteiger partial charge in [-0.15, -0.1) is 0 Å². The Hall–Kier alpha value is -5.67. The van der Waals surface area contributed by atoms with E-state index < -0.39 is 20.2 Å². The third-order valence-corrected chi connectivity index (χ3v) is 20.1. The van der Waals surface area contributed by atoms with E-state index in [2.05, 4.69) is 104 Å². The molecule has 2 aromatic heterocycles. The van der Waals surface area contributed by atoms with Crippen molar-refractivity contribution in [2.75, 3.05) is 51.7 Å². The summed E-state index contributed by atoms with van der Waals surface area (Å²) in [6.45, 7) is 11.8. The normalized spacial score (nSPS) is 21.9. The topological polar surface area (TPSA) is 123 Å². The number of hydrogen-bond acceptors (Lipinski definition) is 10. The second kappa shape index (κ2) is 18.1. The fraction of sp³-hybridized carbons (Fsp3) is 0.434. The van der Waals surface area contributed by atoms with Crippen LogP contribution in [0.2, 0.25) is 5.04 Å². The van der Waals surface area contributed by atoms with Crippen LogP contribution < -0.4 is 24.7 Å². The van der Waals surface area contributed by atoms with Gasteiger partial charge in [-0.3, -0.25) is 14.8 Å². The summed E-state index contributed by atoms with van der Waals surface area (Å²) >= 11 is 0. The maximum absolute atomic E-state index is 17.7. The SMILES string of the molecule is CCc1cccc2cc(OCOC)cc(-c3ncc4c(N5CC6CCC(C5)N6C(=O)O)nc(OC[C@]56CCCN5[C@H](CO[Si](c5ccccc5)(c5ccccc5)C(C)(C)C)CC6)nc4c3F)c12. The number of carboxylic acid groups (broad SMARTS) is 1. The van der Waals surface area contributed by atoms with Gasteiger partial charge in [-0.05, 0) is 95.4 Å². The Morgan fingerprint density at radius 2 is 1.63 bits per heavy atom. The first-order valence-corrected chi connectivity index (χ1v) is 25.8. The first kappa shape index (κ1) is 45.1. The summed E-state index contributed by atoms with van der Waals surface area (Å²) in [5, 5.41) is 14.7. The Morgan fingerprint density at radius 3 is 2.28 bits per heavy atom. The molecule has 4 fully saturated rings. The van der Waals surface area contributed by atoms with E-state index in [0.29, 0.717) is 48.8 Å². The fourth-order valence-electron chi connectivity index (χ4n) is 12.0. The summed E-state index contributed by atoms with van der Waals surface area (Å²) in [7, 11) is -1.20. The van der Waals surface area contributed by atoms with E-state index in [1.807, 2.05) is 24.3 Å². The summed E-state index contributed by atoms with van der Waals surface area (Å²) in [5.74, 6) is 0.446. The molecule has 2 bridgehead atoms. The second-order valence-electron chi connectivity index (χ2n) is 19.9. The van der Waals surface area contributed by atoms with Crippen LogP contribution in [-0.2, 0) is 15.6 Å². The van der Waals surface area contributed by atoms with Crippen LogP contribution in [0.25, 0.3) is 32.9 Å². The summed E-state index contributed by atoms with van der Waals surface area (Å²) < 4.78 is 43.1. The molecule has 10 rings (SSSR count). The molecule has 0 spiro atoms. The minimum Gasteiger partial charge on any atom is -0.468 e. The van der Waals surface area contributed by atoms with Crippen LogP contribution in [0.5, 0.6) is 11.8 Å². The number of hydrogen-bond donors (Lipinski definition) is 1. The molecule has 2 unspecified atom stereocenters. The molecule has 14 heteroatoms. The summed E-state index contributed by atoms with van der Waals surface area (Å²) in [4.78, 5) is 33.4. The number of pyridine rings is 1. The lowest BCUT2D eigenvalue weighted by Crippen LogP contribution is -2.67. The van der Waals surface area contributed by atoms with Gasteiger partial charge in [0.2, 0.25) is 0 Å². The van der Waals surface area contributed by atoms with Gasteiger partial charge in [-0.2, -0.15) is 9.97 Å². The lowest BCUT2D eigenvalue weighted by molar-refractivity contribution is 0.0512. The van der Waals surface area contributed by atoms with Gasteiger partial charge in [0.1, 0.15) is 29.4 Å². The number of piperazine rings is 1. The molecule has 4 aliphatic heterocycles. The number of aromatic nitrogens is 3. The number of carbonyl (C=O) groups is 1. The second-order valence-corrected chi connectivity index (χ2v) is 24.2. The van der Waals surface area contributed by atoms with Crippen molar-refractivity contribution >= 4 is 52.3 Å². The molecule has 12 nitrogen and oxygen atoms in total. The highest BCUT2D eigenvalue weighted by Crippen LogP contribution is 2.45. The van der Waals surface area contributed by atoms with Crippen molar-refractivity contribution in [2.45, 2.75) is 101 Å². The Kier molecular flexibility index (Phi) is 12.2. The molecule has 6 aromatic rings. The van der Waals surface area contributed by atoms with Crippen molar-refractivity contribution in [3.63, 3.8) is 0 Å². The zero-order valence-corrected chi connectivity index (χ0v) is 40.2. The zero-order valence-electron chi connectivity index (χ0n) is 39.2. The number of methoxy groups -OCH3 is 1. The van der Waals surface area contributed by atoms with Crippen LogP contribution in [-0.4, -0.2) is 115 Å². The van der Waals surface area contributed by atoms with Crippen molar-refractivity contribution in [3.05, 3.63) is 109 Å². The van der Waals surface area contributed by atoms with E-state index in [-0.39, 0.29) is 52.7 Å². The molecule has 4 aliphatic rings. The highest BCUT2D eigenvalue weighted by Gasteiger charge is 2.54. The van der Waals surface area contributed by atoms with Gasteiger partial charge in [0, 0.05) is 38.0 Å². The summed E-state index contributed by atoms with van der Waals surface area (Å²) in [6.07, 6.45) is 6.87. The van der Waals surface area contributed by atoms with Crippen LogP contribution in [0, 0.1) is 5.82 Å². The Balaban J connectivity index is 1.000. The van der Waals surface area contributed by atoms with Gasteiger partial charge >= 0.3 is 12.1 Å². The van der Waals surface area contributed by atoms with Crippen molar-refractivity contribution < 1.29 is 32.9 Å². The Morgan fingerprint density at radius 1 is 0.910 bits per heavy atom. The van der Waals surface area contributed by atoms with Crippen molar-refractivity contribution in [1.82, 2.24) is 24.8 Å². The fourth-order valence-corrected chi connectivity index (χ4v) is 16.6. The van der Waals surface area contributed by atoms with Gasteiger partial charge in [-0.25, -0.2) is 9.18 Å². The number of halogens is 1. The number of nitrogens with zero attached hydrogens (tertiary/aromatic N) is 6. The maximum atomic E-state index is 17.7. The Labute approximate surface area is 393 Å². The number of aryl methyl sites for hydroxylation is 1. The van der Waals surface area contributed by atoms with E-state index in [1.54, 1.807) is 18.2 Å². The molecule has 4 saturated heterocycles. The molecule has 1 amide bonds. The molecule has 6 heterocycles. The van der Waals surface area contributed by atoms with E-state index in [4.69, 9.17) is 33.6 Å². The molecule has 0 radical (unpaired) electrons. The smallest absolute Gasteiger partial charge is 0.407 e. The van der Waals surface area contributed by atoms with E-state index in [1.165, 1.54) is 10.4 Å². The quantitative estimate of drug-likeness (QED) is 0.0834. The molecule has 4 aromatic carbocycles. The molecule has 350 valence electrons. The molecular weight excluding hydrogens is 864 g/mol. The number of benzene rings is 4. The van der Waals surface area contributed by atoms with Crippen LogP contribution >= 0.6 is 0 Å². The molecular formula is C53H61FN6O6Si. The minimum atomic E-state index is -2.76. The summed E-state index contributed by atoms with van der Waals surface area (Å²) in [5.41, 5.74) is 1.64. The predicted molar refractivity (Wildman–Crippen MR) is 262 cm³/mol. The number of anilines is 1. The highest BCUT2D eigenvalue weighted by molar-refractivity contribution is 6.99. The third-order valence-electron chi connectivity index (χ3n) is 15.1. The average Bonchev–Trinajstić information content (AvgIpc) is 3.99. The molecule has 4 atom stereocenters. The summed E-state index contributed by atoms with van der Waals surface area (Å²) in [6, 6.07) is 31.3. The van der Waals surface area contributed by atoms with Gasteiger partial charge < -0.3 is 28.6 Å². The zero-order chi connectivity index (χ0) is 46.5. The number of rotatable bonds is 14. The Bertz CT molecular complexity index is 2730. The number of amides is 1. The van der Waals surface area contributed by atoms with E-state index in [9.17, 15) is 9.90 Å². The minimum absolute atomic E-state index is 0.0357. The van der Waals surface area contributed by atoms with Crippen molar-refractivity contribution in [2.24, 2.45) is 0 Å². The largest absolute Gasteiger partial charge is 0.468 e. The number of ether oxygens (including phenoxy) is 3. The molecule has 0 aliphatic carbocycles. The van der Waals surface area contributed by atoms with Crippen molar-refractivity contribution in [1.29, 1.82) is 0 Å². The third kappa shape index (κ3) is 7.98. The van der Waals surface area contributed by atoms with Crippen molar-refractivity contribution in [3.8, 4) is 23.0 Å². The van der Waals surface area contributed by atoms with Crippen LogP contribution in [0.1, 0.15) is 71.8 Å². The van der Waals surface area contributed by atoms with Crippen LogP contribution in [0.15, 0.2) is 97.2 Å². The van der Waals surface area contributed by atoms with Crippen LogP contribution in [0.3, 0.4) is 0 Å². The molecule has 1 N–H and O–H groups in total. The van der Waals surface area contributed by atoms with Gasteiger partial charge in [0.25, 0.3) is 8.32 Å². The predicted octanol–water partition coefficient (Wildman–Crippen LogP) is 8.81. The lowest BCUT2D eigenvalue weighted by Gasteiger charge is -2.44. The van der Waals surface area contributed by atoms with Gasteiger partial charge in [-0.1, -0.05) is 107 Å². The van der Waals surface area contributed by atoms with Gasteiger partial charge in [0.05, 0.1) is 29.6 Å². The van der Waals surface area contributed by atoms with E-state index in [0.717, 1.165) is 67.8 Å². The van der Waals surface area contributed by atoms with Crippen LogP contribution in [0.4, 0.5) is 15.0 Å². The lowest BCUT2D eigenvalue weighted by atomic mass is 9.95. The molecule has 67 heavy (non-hydrogen) atoms. The average molecular weight is 925 g/mol. The van der Waals surface area contributed by atoms with Gasteiger partial charge in [0.15, 0.2) is 12.6 Å².